The predicted octanol–water partition coefficient (Wildman–Crippen LogP) is 2.54. The molecule has 2 atom stereocenters. The van der Waals surface area contributed by atoms with Gasteiger partial charge in [0.15, 0.2) is 0 Å². The van der Waals surface area contributed by atoms with Crippen molar-refractivity contribution in [2.24, 2.45) is 0 Å². The van der Waals surface area contributed by atoms with Crippen LogP contribution in [0, 0.1) is 0 Å². The van der Waals surface area contributed by atoms with Crippen molar-refractivity contribution in [3.8, 4) is 0 Å². The van der Waals surface area contributed by atoms with Crippen LogP contribution in [0.3, 0.4) is 0 Å². The molecule has 4 nitrogen and oxygen atoms in total. The molecular formula is C19H29ClN2O2. The summed E-state index contributed by atoms with van der Waals surface area (Å²) in [7, 11) is 0. The highest BCUT2D eigenvalue weighted by Gasteiger charge is 2.35. The Kier molecular flexibility index (Phi) is 7.08. The topological polar surface area (TPSA) is 61.4 Å². The normalized spacial score (nSPS) is 26.2. The van der Waals surface area contributed by atoms with E-state index in [2.05, 4.69) is 41.0 Å². The van der Waals surface area contributed by atoms with E-state index in [-0.39, 0.29) is 29.8 Å². The van der Waals surface area contributed by atoms with Crippen molar-refractivity contribution in [3.63, 3.8) is 0 Å². The molecule has 1 saturated carbocycles. The molecule has 3 N–H and O–H groups in total. The molecule has 1 aliphatic heterocycles. The number of β-amino-alcohol motifs (C(OH)–C–C–N with tert-alkyl or cyclic N) is 1. The van der Waals surface area contributed by atoms with Gasteiger partial charge in [-0.25, -0.2) is 0 Å². The number of carbonyl (C=O) groups is 1. The first-order chi connectivity index (χ1) is 11.2. The summed E-state index contributed by atoms with van der Waals surface area (Å²) in [5, 5.41) is 15.9. The lowest BCUT2D eigenvalue weighted by atomic mass is 9.74. The van der Waals surface area contributed by atoms with E-state index in [4.69, 9.17) is 0 Å². The van der Waals surface area contributed by atoms with Gasteiger partial charge in [0.2, 0.25) is 5.91 Å². The fourth-order valence-corrected chi connectivity index (χ4v) is 4.06. The Morgan fingerprint density at radius 2 is 1.83 bits per heavy atom. The minimum Gasteiger partial charge on any atom is -0.392 e. The molecule has 0 aromatic heterocycles. The van der Waals surface area contributed by atoms with Gasteiger partial charge in [-0.1, -0.05) is 56.0 Å². The Labute approximate surface area is 150 Å². The molecule has 24 heavy (non-hydrogen) atoms. The summed E-state index contributed by atoms with van der Waals surface area (Å²) in [6.45, 7) is 1.21. The van der Waals surface area contributed by atoms with Gasteiger partial charge in [0, 0.05) is 18.5 Å². The van der Waals surface area contributed by atoms with Gasteiger partial charge in [-0.3, -0.25) is 4.79 Å². The maximum absolute atomic E-state index is 12.4. The summed E-state index contributed by atoms with van der Waals surface area (Å²) in [6, 6.07) is 10.4. The molecule has 0 bridgehead atoms. The summed E-state index contributed by atoms with van der Waals surface area (Å²) in [5.41, 5.74) is 1.41. The maximum Gasteiger partial charge on any atom is 0.237 e. The van der Waals surface area contributed by atoms with Gasteiger partial charge >= 0.3 is 0 Å². The van der Waals surface area contributed by atoms with Crippen molar-refractivity contribution in [1.29, 1.82) is 0 Å². The second-order valence-corrected chi connectivity index (χ2v) is 7.13. The number of rotatable bonds is 4. The molecule has 3 rings (SSSR count). The lowest BCUT2D eigenvalue weighted by molar-refractivity contribution is -0.123. The molecule has 1 aromatic rings. The molecule has 1 saturated heterocycles. The first-order valence-corrected chi connectivity index (χ1v) is 8.94. The van der Waals surface area contributed by atoms with E-state index < -0.39 is 6.10 Å². The molecule has 5 heteroatoms. The van der Waals surface area contributed by atoms with Gasteiger partial charge in [0.05, 0.1) is 12.1 Å². The van der Waals surface area contributed by atoms with Crippen LogP contribution >= 0.6 is 12.4 Å². The van der Waals surface area contributed by atoms with Crippen LogP contribution in [0.1, 0.15) is 50.5 Å². The Hall–Kier alpha value is -1.10. The smallest absolute Gasteiger partial charge is 0.237 e. The van der Waals surface area contributed by atoms with Crippen LogP contribution in [0.2, 0.25) is 0 Å². The van der Waals surface area contributed by atoms with Crippen molar-refractivity contribution in [2.75, 3.05) is 13.1 Å². The third kappa shape index (κ3) is 4.50. The fourth-order valence-electron chi connectivity index (χ4n) is 4.06. The van der Waals surface area contributed by atoms with E-state index in [0.717, 1.165) is 12.8 Å². The summed E-state index contributed by atoms with van der Waals surface area (Å²) >= 11 is 0. The maximum atomic E-state index is 12.4. The van der Waals surface area contributed by atoms with Crippen LogP contribution in [0.4, 0.5) is 0 Å². The lowest BCUT2D eigenvalue weighted by Crippen LogP contribution is -2.46. The van der Waals surface area contributed by atoms with Crippen molar-refractivity contribution < 1.29 is 9.90 Å². The molecular weight excluding hydrogens is 324 g/mol. The fraction of sp³-hybridized carbons (Fsp3) is 0.632. The number of carbonyl (C=O) groups excluding carboxylic acids is 1. The van der Waals surface area contributed by atoms with Crippen LogP contribution in [-0.2, 0) is 10.2 Å². The molecule has 2 aliphatic rings. The number of hydrogen-bond donors (Lipinski definition) is 3. The quantitative estimate of drug-likeness (QED) is 0.730. The predicted molar refractivity (Wildman–Crippen MR) is 98.5 cm³/mol. The minimum absolute atomic E-state index is 0. The number of nitrogens with one attached hydrogen (secondary N) is 2. The van der Waals surface area contributed by atoms with Crippen LogP contribution in [0.5, 0.6) is 0 Å². The zero-order valence-electron chi connectivity index (χ0n) is 14.2. The number of amides is 1. The zero-order chi connectivity index (χ0) is 16.1. The zero-order valence-corrected chi connectivity index (χ0v) is 15.0. The van der Waals surface area contributed by atoms with Crippen LogP contribution in [-0.4, -0.2) is 36.2 Å². The molecule has 1 heterocycles. The molecule has 0 spiro atoms. The third-order valence-corrected chi connectivity index (χ3v) is 5.47. The van der Waals surface area contributed by atoms with Crippen molar-refractivity contribution in [2.45, 2.75) is 62.5 Å². The molecule has 1 aliphatic carbocycles. The average molecular weight is 353 g/mol. The Balaban J connectivity index is 0.00000208. The Morgan fingerprint density at radius 3 is 2.42 bits per heavy atom. The van der Waals surface area contributed by atoms with E-state index >= 15 is 0 Å². The highest BCUT2D eigenvalue weighted by atomic mass is 35.5. The summed E-state index contributed by atoms with van der Waals surface area (Å²) in [4.78, 5) is 12.4. The number of aliphatic hydroxyl groups excluding tert-OH is 1. The summed E-state index contributed by atoms with van der Waals surface area (Å²) in [5.74, 6) is 0.0288. The molecule has 2 fully saturated rings. The molecule has 134 valence electrons. The number of benzene rings is 1. The second kappa shape index (κ2) is 8.84. The van der Waals surface area contributed by atoms with E-state index in [9.17, 15) is 9.90 Å². The highest BCUT2D eigenvalue weighted by Crippen LogP contribution is 2.37. The van der Waals surface area contributed by atoms with Crippen LogP contribution in [0.25, 0.3) is 0 Å². The van der Waals surface area contributed by atoms with Crippen LogP contribution < -0.4 is 10.6 Å². The first kappa shape index (κ1) is 19.2. The van der Waals surface area contributed by atoms with Crippen molar-refractivity contribution in [1.82, 2.24) is 10.6 Å². The van der Waals surface area contributed by atoms with Gasteiger partial charge in [0.1, 0.15) is 0 Å². The first-order valence-electron chi connectivity index (χ1n) is 8.94. The molecule has 1 amide bonds. The number of aliphatic hydroxyl groups is 1. The summed E-state index contributed by atoms with van der Waals surface area (Å²) in [6.07, 6.45) is 7.43. The Bertz CT molecular complexity index is 515. The average Bonchev–Trinajstić information content (AvgIpc) is 2.88. The number of halogens is 1. The van der Waals surface area contributed by atoms with E-state index in [1.54, 1.807) is 0 Å². The van der Waals surface area contributed by atoms with E-state index in [1.165, 1.54) is 31.2 Å². The van der Waals surface area contributed by atoms with E-state index in [1.807, 2.05) is 0 Å². The van der Waals surface area contributed by atoms with Crippen LogP contribution in [0.15, 0.2) is 30.3 Å². The third-order valence-electron chi connectivity index (χ3n) is 5.47. The number of hydrogen-bond acceptors (Lipinski definition) is 3. The standard InChI is InChI=1S/C19H28N2O2.ClH/c22-16-12-17(20-13-16)18(23)21-14-19(10-6-1-2-7-11-19)15-8-4-3-5-9-15;/h3-5,8-9,16-17,20,22H,1-2,6-7,10-14H2,(H,21,23);1H. The second-order valence-electron chi connectivity index (χ2n) is 7.13. The largest absolute Gasteiger partial charge is 0.392 e. The SMILES string of the molecule is Cl.O=C(NCC1(c2ccccc2)CCCCCC1)C1CC(O)CN1. The molecule has 2 unspecified atom stereocenters. The van der Waals surface area contributed by atoms with Gasteiger partial charge in [-0.15, -0.1) is 12.4 Å². The molecule has 1 aromatic carbocycles. The van der Waals surface area contributed by atoms with Crippen molar-refractivity contribution in [3.05, 3.63) is 35.9 Å². The monoisotopic (exact) mass is 352 g/mol. The van der Waals surface area contributed by atoms with Gasteiger partial charge in [-0.05, 0) is 24.8 Å². The summed E-state index contributed by atoms with van der Waals surface area (Å²) < 4.78 is 0. The van der Waals surface area contributed by atoms with Gasteiger partial charge in [-0.2, -0.15) is 0 Å². The van der Waals surface area contributed by atoms with Gasteiger partial charge in [0.25, 0.3) is 0 Å². The van der Waals surface area contributed by atoms with Crippen molar-refractivity contribution >= 4 is 18.3 Å². The van der Waals surface area contributed by atoms with E-state index in [0.29, 0.717) is 19.5 Å². The Morgan fingerprint density at radius 1 is 1.17 bits per heavy atom. The molecule has 0 radical (unpaired) electrons. The lowest BCUT2D eigenvalue weighted by Gasteiger charge is -2.34. The van der Waals surface area contributed by atoms with Gasteiger partial charge < -0.3 is 15.7 Å². The highest BCUT2D eigenvalue weighted by molar-refractivity contribution is 5.85. The minimum atomic E-state index is -0.397.